The summed E-state index contributed by atoms with van der Waals surface area (Å²) >= 11 is 0. The van der Waals surface area contributed by atoms with Gasteiger partial charge in [0.1, 0.15) is 23.9 Å². The zero-order valence-corrected chi connectivity index (χ0v) is 17.8. The molecule has 6 nitrogen and oxygen atoms in total. The van der Waals surface area contributed by atoms with Crippen LogP contribution in [0.5, 0.6) is 0 Å². The van der Waals surface area contributed by atoms with Gasteiger partial charge in [0.2, 0.25) is 5.89 Å². The van der Waals surface area contributed by atoms with E-state index in [9.17, 15) is 9.18 Å². The number of carbonyl (C=O) groups is 1. The van der Waals surface area contributed by atoms with Gasteiger partial charge in [-0.3, -0.25) is 4.79 Å². The molecule has 1 fully saturated rings. The second-order valence-corrected chi connectivity index (χ2v) is 8.41. The third kappa shape index (κ3) is 3.42. The molecule has 0 aliphatic heterocycles. The second kappa shape index (κ2) is 7.48. The largest absolute Gasteiger partial charge is 0.436 e. The highest BCUT2D eigenvalue weighted by molar-refractivity contribution is 5.88. The summed E-state index contributed by atoms with van der Waals surface area (Å²) in [5.74, 6) is 1.14. The summed E-state index contributed by atoms with van der Waals surface area (Å²) in [6, 6.07) is 16.1. The molecule has 0 atom stereocenters. The van der Waals surface area contributed by atoms with E-state index in [2.05, 4.69) is 15.2 Å². The Morgan fingerprint density at radius 1 is 1.06 bits per heavy atom. The summed E-state index contributed by atoms with van der Waals surface area (Å²) in [5.41, 5.74) is 6.23. The molecule has 6 rings (SSSR count). The first-order chi connectivity index (χ1) is 16.1. The number of aldehydes is 1. The highest BCUT2D eigenvalue weighted by Crippen LogP contribution is 2.44. The zero-order valence-electron chi connectivity index (χ0n) is 17.8. The van der Waals surface area contributed by atoms with Gasteiger partial charge in [-0.25, -0.2) is 9.37 Å². The Balaban J connectivity index is 1.48. The number of rotatable bonds is 5. The maximum atomic E-state index is 14.1. The lowest BCUT2D eigenvalue weighted by atomic mass is 9.97. The minimum atomic E-state index is -0.342. The van der Waals surface area contributed by atoms with Crippen molar-refractivity contribution >= 4 is 17.4 Å². The van der Waals surface area contributed by atoms with Gasteiger partial charge in [-0.05, 0) is 66.3 Å². The molecular formula is C26H19FN4O2. The van der Waals surface area contributed by atoms with Gasteiger partial charge < -0.3 is 8.98 Å². The van der Waals surface area contributed by atoms with E-state index in [-0.39, 0.29) is 5.82 Å². The molecule has 0 N–H and O–H groups in total. The summed E-state index contributed by atoms with van der Waals surface area (Å²) in [7, 11) is 1.82. The number of carbonyl (C=O) groups excluding carboxylic acids is 1. The normalized spacial score (nSPS) is 13.5. The Morgan fingerprint density at radius 2 is 1.91 bits per heavy atom. The van der Waals surface area contributed by atoms with Crippen LogP contribution < -0.4 is 0 Å². The van der Waals surface area contributed by atoms with Gasteiger partial charge in [0.25, 0.3) is 0 Å². The average molecular weight is 438 g/mol. The van der Waals surface area contributed by atoms with Crippen LogP contribution in [0.3, 0.4) is 0 Å². The second-order valence-electron chi connectivity index (χ2n) is 8.41. The maximum Gasteiger partial charge on any atom is 0.227 e. The van der Waals surface area contributed by atoms with E-state index in [0.717, 1.165) is 47.0 Å². The fraction of sp³-hybridized carbons (Fsp3) is 0.154. The van der Waals surface area contributed by atoms with E-state index in [1.54, 1.807) is 23.0 Å². The van der Waals surface area contributed by atoms with Crippen LogP contribution >= 0.6 is 0 Å². The van der Waals surface area contributed by atoms with Crippen LogP contribution in [0, 0.1) is 5.82 Å². The van der Waals surface area contributed by atoms with Crippen LogP contribution in [0.2, 0.25) is 0 Å². The van der Waals surface area contributed by atoms with Gasteiger partial charge in [0.15, 0.2) is 11.4 Å². The lowest BCUT2D eigenvalue weighted by Gasteiger charge is -2.10. The minimum absolute atomic E-state index is 0.342. The molecule has 5 aromatic rings. The number of hydrogen-bond acceptors (Lipinski definition) is 5. The quantitative estimate of drug-likeness (QED) is 0.325. The van der Waals surface area contributed by atoms with Crippen LogP contribution in [0.1, 0.15) is 34.7 Å². The number of hydrogen-bond donors (Lipinski definition) is 0. The Kier molecular flexibility index (Phi) is 4.43. The van der Waals surface area contributed by atoms with Crippen molar-refractivity contribution in [2.75, 3.05) is 0 Å². The van der Waals surface area contributed by atoms with Crippen molar-refractivity contribution in [1.82, 2.24) is 19.7 Å². The molecule has 3 aromatic carbocycles. The highest BCUT2D eigenvalue weighted by Gasteiger charge is 2.28. The molecular weight excluding hydrogens is 419 g/mol. The Morgan fingerprint density at radius 3 is 2.67 bits per heavy atom. The Bertz CT molecular complexity index is 1530. The Labute approximate surface area is 188 Å². The first-order valence-corrected chi connectivity index (χ1v) is 10.7. The summed E-state index contributed by atoms with van der Waals surface area (Å²) in [5, 5.41) is 8.09. The van der Waals surface area contributed by atoms with Crippen molar-refractivity contribution in [3.8, 4) is 34.0 Å². The lowest BCUT2D eigenvalue weighted by Crippen LogP contribution is -1.95. The monoisotopic (exact) mass is 438 g/mol. The number of oxazole rings is 1. The molecule has 33 heavy (non-hydrogen) atoms. The summed E-state index contributed by atoms with van der Waals surface area (Å²) in [4.78, 5) is 16.1. The zero-order chi connectivity index (χ0) is 22.5. The van der Waals surface area contributed by atoms with Crippen LogP contribution in [-0.4, -0.2) is 26.0 Å². The molecule has 1 aliphatic rings. The molecule has 1 saturated carbocycles. The van der Waals surface area contributed by atoms with Gasteiger partial charge in [-0.1, -0.05) is 18.2 Å². The molecule has 0 saturated heterocycles. The van der Waals surface area contributed by atoms with E-state index < -0.39 is 0 Å². The molecule has 0 spiro atoms. The third-order valence-electron chi connectivity index (χ3n) is 6.05. The molecule has 7 heteroatoms. The molecule has 0 unspecified atom stereocenters. The van der Waals surface area contributed by atoms with Crippen molar-refractivity contribution in [2.45, 2.75) is 18.8 Å². The number of benzene rings is 3. The van der Waals surface area contributed by atoms with Crippen molar-refractivity contribution in [3.05, 3.63) is 77.9 Å². The van der Waals surface area contributed by atoms with Gasteiger partial charge in [-0.15, -0.1) is 10.2 Å². The highest BCUT2D eigenvalue weighted by atomic mass is 19.1. The first kappa shape index (κ1) is 19.5. The van der Waals surface area contributed by atoms with Crippen LogP contribution in [0.25, 0.3) is 45.1 Å². The average Bonchev–Trinajstić information content (AvgIpc) is 3.44. The number of aromatic nitrogens is 4. The van der Waals surface area contributed by atoms with Crippen LogP contribution in [-0.2, 0) is 7.05 Å². The van der Waals surface area contributed by atoms with Crippen molar-refractivity contribution in [1.29, 1.82) is 0 Å². The van der Waals surface area contributed by atoms with E-state index in [1.165, 1.54) is 12.1 Å². The molecule has 0 amide bonds. The standard InChI is InChI=1S/C26H19FN4O2/c1-31-14-28-30-25(31)22-12-19(27)7-8-20(22)17-3-2-4-18(11-17)26-29-23-10-15(13-32)9-21(16-5-6-16)24(23)33-26/h2-4,7-14,16H,5-6H2,1H3. The maximum absolute atomic E-state index is 14.1. The Hall–Kier alpha value is -4.13. The number of nitrogens with zero attached hydrogens (tertiary/aromatic N) is 4. The summed E-state index contributed by atoms with van der Waals surface area (Å²) < 4.78 is 22.1. The molecule has 162 valence electrons. The predicted octanol–water partition coefficient (Wildman–Crippen LogP) is 5.79. The van der Waals surface area contributed by atoms with Crippen LogP contribution in [0.15, 0.2) is 65.3 Å². The fourth-order valence-corrected chi connectivity index (χ4v) is 4.27. The first-order valence-electron chi connectivity index (χ1n) is 10.7. The SMILES string of the molecule is Cn1cnnc1-c1cc(F)ccc1-c1cccc(-c2nc3cc(C=O)cc(C4CC4)c3o2)c1. The summed E-state index contributed by atoms with van der Waals surface area (Å²) in [6.45, 7) is 0. The van der Waals surface area contributed by atoms with Crippen molar-refractivity contribution in [3.63, 3.8) is 0 Å². The van der Waals surface area contributed by atoms with E-state index in [4.69, 9.17) is 4.42 Å². The molecule has 2 aromatic heterocycles. The third-order valence-corrected chi connectivity index (χ3v) is 6.05. The van der Waals surface area contributed by atoms with E-state index in [1.807, 2.05) is 37.4 Å². The van der Waals surface area contributed by atoms with Gasteiger partial charge in [0, 0.05) is 29.3 Å². The topological polar surface area (TPSA) is 73.8 Å². The fourth-order valence-electron chi connectivity index (χ4n) is 4.27. The van der Waals surface area contributed by atoms with Crippen LogP contribution in [0.4, 0.5) is 4.39 Å². The van der Waals surface area contributed by atoms with Crippen molar-refractivity contribution < 1.29 is 13.6 Å². The molecule has 0 radical (unpaired) electrons. The lowest BCUT2D eigenvalue weighted by molar-refractivity contribution is 0.112. The van der Waals surface area contributed by atoms with E-state index >= 15 is 0 Å². The molecule has 2 heterocycles. The minimum Gasteiger partial charge on any atom is -0.436 e. The predicted molar refractivity (Wildman–Crippen MR) is 122 cm³/mol. The number of aryl methyl sites for hydroxylation is 1. The van der Waals surface area contributed by atoms with E-state index in [0.29, 0.717) is 34.3 Å². The van der Waals surface area contributed by atoms with Gasteiger partial charge in [0.05, 0.1) is 0 Å². The molecule has 0 bridgehead atoms. The smallest absolute Gasteiger partial charge is 0.227 e. The summed E-state index contributed by atoms with van der Waals surface area (Å²) in [6.07, 6.45) is 4.63. The molecule has 1 aliphatic carbocycles. The van der Waals surface area contributed by atoms with Gasteiger partial charge in [-0.2, -0.15) is 0 Å². The number of halogens is 1. The number of fused-ring (bicyclic) bond motifs is 1. The van der Waals surface area contributed by atoms with Gasteiger partial charge >= 0.3 is 0 Å². The van der Waals surface area contributed by atoms with Crippen molar-refractivity contribution in [2.24, 2.45) is 7.05 Å².